The van der Waals surface area contributed by atoms with Crippen LogP contribution < -0.4 is 11.1 Å². The summed E-state index contributed by atoms with van der Waals surface area (Å²) in [7, 11) is 0. The van der Waals surface area contributed by atoms with Gasteiger partial charge in [0.05, 0.1) is 5.69 Å². The lowest BCUT2D eigenvalue weighted by molar-refractivity contribution is -0.115. The van der Waals surface area contributed by atoms with Crippen molar-refractivity contribution < 1.29 is 9.18 Å². The summed E-state index contributed by atoms with van der Waals surface area (Å²) < 4.78 is 13.0. The number of thioether (sulfide) groups is 1. The van der Waals surface area contributed by atoms with Crippen molar-refractivity contribution in [2.24, 2.45) is 0 Å². The van der Waals surface area contributed by atoms with Crippen molar-refractivity contribution in [2.45, 2.75) is 18.5 Å². The maximum atomic E-state index is 13.0. The lowest BCUT2D eigenvalue weighted by atomic mass is 10.2. The fraction of sp³-hybridized carbons (Fsp3) is 0.250. The zero-order chi connectivity index (χ0) is 14.5. The average molecular weight is 295 g/mol. The highest BCUT2D eigenvalue weighted by Gasteiger charge is 2.06. The van der Waals surface area contributed by atoms with E-state index in [4.69, 9.17) is 5.73 Å². The molecule has 0 saturated heterocycles. The Labute approximate surface area is 119 Å². The first-order valence-electron chi connectivity index (χ1n) is 5.91. The number of aryl methyl sites for hydroxylation is 1. The van der Waals surface area contributed by atoms with E-state index < -0.39 is 5.82 Å². The van der Waals surface area contributed by atoms with E-state index in [1.165, 1.54) is 30.0 Å². The predicted molar refractivity (Wildman–Crippen MR) is 75.9 cm³/mol. The molecule has 8 heteroatoms. The van der Waals surface area contributed by atoms with Crippen LogP contribution in [0.3, 0.4) is 0 Å². The van der Waals surface area contributed by atoms with Crippen LogP contribution in [0.5, 0.6) is 0 Å². The smallest absolute Gasteiger partial charge is 0.225 e. The van der Waals surface area contributed by atoms with E-state index in [1.807, 2.05) is 6.92 Å². The number of nitrogens with zero attached hydrogens (tertiary/aromatic N) is 2. The monoisotopic (exact) mass is 295 g/mol. The largest absolute Gasteiger partial charge is 0.396 e. The van der Waals surface area contributed by atoms with E-state index in [-0.39, 0.29) is 11.6 Å². The number of halogens is 1. The van der Waals surface area contributed by atoms with Gasteiger partial charge in [-0.2, -0.15) is 0 Å². The maximum absolute atomic E-state index is 13.0. The Morgan fingerprint density at radius 2 is 2.35 bits per heavy atom. The van der Waals surface area contributed by atoms with Crippen molar-refractivity contribution in [3.63, 3.8) is 0 Å². The molecule has 0 aliphatic carbocycles. The molecular weight excluding hydrogens is 281 g/mol. The van der Waals surface area contributed by atoms with E-state index in [0.717, 1.165) is 5.82 Å². The summed E-state index contributed by atoms with van der Waals surface area (Å²) in [5.41, 5.74) is 5.91. The number of aromatic nitrogens is 3. The first-order chi connectivity index (χ1) is 9.54. The van der Waals surface area contributed by atoms with Gasteiger partial charge in [0, 0.05) is 17.9 Å². The molecule has 1 aromatic heterocycles. The van der Waals surface area contributed by atoms with Crippen LogP contribution >= 0.6 is 11.8 Å². The van der Waals surface area contributed by atoms with Crippen molar-refractivity contribution >= 4 is 29.0 Å². The summed E-state index contributed by atoms with van der Waals surface area (Å²) in [5.74, 6) is 0.618. The Morgan fingerprint density at radius 1 is 1.55 bits per heavy atom. The number of nitrogens with one attached hydrogen (secondary N) is 2. The molecule has 1 amide bonds. The topological polar surface area (TPSA) is 96.7 Å². The molecule has 1 heterocycles. The number of rotatable bonds is 5. The molecule has 0 saturated carbocycles. The van der Waals surface area contributed by atoms with Gasteiger partial charge >= 0.3 is 0 Å². The molecule has 0 aliphatic heterocycles. The minimum Gasteiger partial charge on any atom is -0.396 e. The number of carbonyl (C=O) groups excluding carboxylic acids is 1. The zero-order valence-corrected chi connectivity index (χ0v) is 11.6. The summed E-state index contributed by atoms with van der Waals surface area (Å²) in [6.07, 6.45) is 0.301. The van der Waals surface area contributed by atoms with E-state index in [1.54, 1.807) is 0 Å². The van der Waals surface area contributed by atoms with Crippen LogP contribution in [0.15, 0.2) is 23.4 Å². The molecule has 6 nitrogen and oxygen atoms in total. The number of hydrogen-bond acceptors (Lipinski definition) is 5. The third kappa shape index (κ3) is 3.95. The summed E-state index contributed by atoms with van der Waals surface area (Å²) >= 11 is 1.39. The van der Waals surface area contributed by atoms with Crippen LogP contribution in [0.25, 0.3) is 0 Å². The average Bonchev–Trinajstić information content (AvgIpc) is 2.80. The molecular formula is C12H14FN5OS. The van der Waals surface area contributed by atoms with E-state index in [0.29, 0.717) is 23.0 Å². The van der Waals surface area contributed by atoms with Gasteiger partial charge in [0.1, 0.15) is 11.6 Å². The van der Waals surface area contributed by atoms with Gasteiger partial charge in [0.15, 0.2) is 0 Å². The first kappa shape index (κ1) is 14.3. The van der Waals surface area contributed by atoms with E-state index >= 15 is 0 Å². The number of H-pyrrole nitrogens is 1. The lowest BCUT2D eigenvalue weighted by Gasteiger charge is -2.05. The standard InChI is InChI=1S/C12H14FN5OS/c1-7-15-12(18-17-7)20-5-4-11(19)16-8-2-3-9(13)10(14)6-8/h2-3,6H,4-5,14H2,1H3,(H,16,19)(H,15,17,18). The van der Waals surface area contributed by atoms with Gasteiger partial charge in [-0.25, -0.2) is 9.37 Å². The summed E-state index contributed by atoms with van der Waals surface area (Å²) in [4.78, 5) is 15.8. The third-order valence-electron chi connectivity index (χ3n) is 2.42. The summed E-state index contributed by atoms with van der Waals surface area (Å²) in [6, 6.07) is 4.07. The molecule has 20 heavy (non-hydrogen) atoms. The molecule has 1 aromatic carbocycles. The maximum Gasteiger partial charge on any atom is 0.225 e. The number of carbonyl (C=O) groups is 1. The fourth-order valence-corrected chi connectivity index (χ4v) is 2.25. The van der Waals surface area contributed by atoms with Gasteiger partial charge in [-0.15, -0.1) is 5.10 Å². The van der Waals surface area contributed by atoms with Crippen molar-refractivity contribution in [2.75, 3.05) is 16.8 Å². The second-order valence-electron chi connectivity index (χ2n) is 4.09. The Balaban J connectivity index is 1.79. The molecule has 0 bridgehead atoms. The predicted octanol–water partition coefficient (Wildman–Crippen LogP) is 1.96. The van der Waals surface area contributed by atoms with E-state index in [9.17, 15) is 9.18 Å². The second kappa shape index (κ2) is 6.38. The summed E-state index contributed by atoms with van der Waals surface area (Å²) in [5, 5.41) is 9.95. The molecule has 2 aromatic rings. The van der Waals surface area contributed by atoms with Crippen molar-refractivity contribution in [1.29, 1.82) is 0 Å². The molecule has 106 valence electrons. The minimum atomic E-state index is -0.501. The van der Waals surface area contributed by atoms with Gasteiger partial charge in [-0.3, -0.25) is 9.89 Å². The Morgan fingerprint density at radius 3 is 3.00 bits per heavy atom. The van der Waals surface area contributed by atoms with Crippen molar-refractivity contribution in [3.05, 3.63) is 29.8 Å². The van der Waals surface area contributed by atoms with Gasteiger partial charge in [0.25, 0.3) is 0 Å². The number of nitrogens with two attached hydrogens (primary N) is 1. The highest BCUT2D eigenvalue weighted by Crippen LogP contribution is 2.17. The van der Waals surface area contributed by atoms with Gasteiger partial charge in [-0.1, -0.05) is 11.8 Å². The molecule has 0 atom stereocenters. The number of benzene rings is 1. The normalized spacial score (nSPS) is 10.5. The Kier molecular flexibility index (Phi) is 4.57. The van der Waals surface area contributed by atoms with E-state index in [2.05, 4.69) is 20.5 Å². The number of amides is 1. The second-order valence-corrected chi connectivity index (χ2v) is 5.15. The SMILES string of the molecule is Cc1nc(SCCC(=O)Nc2ccc(F)c(N)c2)n[nH]1. The Bertz CT molecular complexity index is 616. The molecule has 0 radical (unpaired) electrons. The third-order valence-corrected chi connectivity index (χ3v) is 3.27. The molecule has 0 spiro atoms. The first-order valence-corrected chi connectivity index (χ1v) is 6.90. The molecule has 0 aliphatic rings. The zero-order valence-electron chi connectivity index (χ0n) is 10.8. The number of anilines is 2. The van der Waals surface area contributed by atoms with Crippen LogP contribution in [0.2, 0.25) is 0 Å². The number of aromatic amines is 1. The van der Waals surface area contributed by atoms with Crippen molar-refractivity contribution in [1.82, 2.24) is 15.2 Å². The van der Waals surface area contributed by atoms with Crippen LogP contribution in [0, 0.1) is 12.7 Å². The van der Waals surface area contributed by atoms with Crippen molar-refractivity contribution in [3.8, 4) is 0 Å². The van der Waals surface area contributed by atoms with Gasteiger partial charge < -0.3 is 11.1 Å². The van der Waals surface area contributed by atoms with Crippen LogP contribution in [-0.4, -0.2) is 26.8 Å². The number of nitrogen functional groups attached to an aromatic ring is 1. The minimum absolute atomic E-state index is 0.00775. The van der Waals surface area contributed by atoms with Crippen LogP contribution in [0.1, 0.15) is 12.2 Å². The quantitative estimate of drug-likeness (QED) is 0.578. The van der Waals surface area contributed by atoms with Gasteiger partial charge in [0.2, 0.25) is 11.1 Å². The van der Waals surface area contributed by atoms with Crippen LogP contribution in [0.4, 0.5) is 15.8 Å². The highest BCUT2D eigenvalue weighted by molar-refractivity contribution is 7.99. The highest BCUT2D eigenvalue weighted by atomic mass is 32.2. The van der Waals surface area contributed by atoms with Gasteiger partial charge in [-0.05, 0) is 25.1 Å². The molecule has 0 fully saturated rings. The molecule has 0 unspecified atom stereocenters. The number of hydrogen-bond donors (Lipinski definition) is 3. The fourth-order valence-electron chi connectivity index (χ4n) is 1.47. The lowest BCUT2D eigenvalue weighted by Crippen LogP contribution is -2.12. The summed E-state index contributed by atoms with van der Waals surface area (Å²) in [6.45, 7) is 1.81. The Hall–Kier alpha value is -2.09. The molecule has 4 N–H and O–H groups in total. The van der Waals surface area contributed by atoms with Crippen LogP contribution in [-0.2, 0) is 4.79 Å². The molecule has 2 rings (SSSR count).